The third-order valence-corrected chi connectivity index (χ3v) is 47.0. The molecule has 0 saturated carbocycles. The van der Waals surface area contributed by atoms with E-state index in [-0.39, 0.29) is 133 Å². The van der Waals surface area contributed by atoms with E-state index >= 15 is 0 Å². The zero-order valence-corrected chi connectivity index (χ0v) is 99.8. The lowest BCUT2D eigenvalue weighted by molar-refractivity contribution is -0.154. The maximum atomic E-state index is 13.1. The largest absolute Gasteiger partial charge is 0.463 e. The molecule has 1 rings (SSSR count). The number of aliphatic hydroxyl groups is 3. The molecule has 0 bridgehead atoms. The number of ether oxygens (including phenoxy) is 6. The summed E-state index contributed by atoms with van der Waals surface area (Å²) in [4.78, 5) is 188. The van der Waals surface area contributed by atoms with Crippen molar-refractivity contribution in [2.45, 2.75) is 318 Å². The standard InChI is InChI=1S/C44H78N4O15S2Si2.C22H46N4O5S2Si2.C11H16O5.C10H28N2OSi2.C7H10O2S.CH4/c1-29(2)41(55)59-23-35(51)25-61-43(57)31(5)27-64-19-15-37(47-33(7)49)39(53)45-17-13-21-66(9,10)63-67(11,12)22-14-18-46-40(54)38(48-34(8)50)16-20-65-28-32(6)44(58)62-26-36(52)24-60-42(56)30(3)4;1-17(27)25-19(9-13-32)21(29)23-11-7-15-34(3,4)31-35(5,6)16-8-12-24-22(30)20(10-14-33)26-18(2)28;1-7(2)10(13)15-5-9(12)6-16-11(14)8(3)4;1-14(2,9-5-7-11)13-15(3,4)10-6-8-12;1-5(8)4-6-2-3-10-7(6)9;/h31-32,35-38,51-52H,1,3,13-28H2,2,4-12H3,(H,45,53)(H,46,54)(H,47,49)(H,48,50);19-20,32-33H,7-16H2,1-6H3,(H,23,29)(H,24,30)(H,25,27)(H,26,28);9,12H,1,3,5-6H2,2,4H3;5-12H2,1-4H3;6H,2-4H2,1H3;1H4. The summed E-state index contributed by atoms with van der Waals surface area (Å²) in [5.74, 6) is -2.81. The summed E-state index contributed by atoms with van der Waals surface area (Å²) in [6.07, 6.45) is 4.80. The van der Waals surface area contributed by atoms with E-state index in [1.807, 2.05) is 0 Å². The van der Waals surface area contributed by atoms with Crippen LogP contribution in [0.2, 0.25) is 115 Å². The number of carbonyl (C=O) groups is 16. The molecular weight excluding hydrogens is 2060 g/mol. The van der Waals surface area contributed by atoms with Gasteiger partial charge >= 0.3 is 35.8 Å². The Morgan fingerprint density at radius 3 is 0.826 bits per heavy atom. The normalized spacial score (nSPS) is 14.1. The molecule has 9 unspecified atom stereocenters. The van der Waals surface area contributed by atoms with E-state index in [1.165, 1.54) is 110 Å². The van der Waals surface area contributed by atoms with Crippen LogP contribution in [0, 0.1) is 17.8 Å². The van der Waals surface area contributed by atoms with E-state index in [9.17, 15) is 92.0 Å². The third-order valence-electron chi connectivity index (χ3n) is 20.3. The Balaban J connectivity index is -0.000000681. The summed E-state index contributed by atoms with van der Waals surface area (Å²) in [5, 5.41) is 51.8. The zero-order valence-electron chi connectivity index (χ0n) is 89.6. The van der Waals surface area contributed by atoms with Gasteiger partial charge in [0, 0.05) is 106 Å². The minimum atomic E-state index is -2.14. The Bertz CT molecular complexity index is 3740. The summed E-state index contributed by atoms with van der Waals surface area (Å²) < 4.78 is 49.1. The maximum Gasteiger partial charge on any atom is 0.333 e. The van der Waals surface area contributed by atoms with Crippen molar-refractivity contribution in [3.63, 3.8) is 0 Å². The maximum absolute atomic E-state index is 13.1. The SMILES string of the molecule is C.C=C(C)C(=O)OCC(O)COC(=O)C(=C)C.C=C(C)C(=O)OCC(O)COC(=O)C(C)CSCCC(NC(C)=O)C(=O)NCCC[Si](C)(C)O[Si](C)(C)CCCNC(=O)C(CCSCC(C)C(=O)OCC(O)COC(=O)C(=C)C)NC(C)=O.CC(=O)CC1CCSC1=O.CC(=O)NC(CCS)C(=O)NCCC[Si](C)(C)O[Si](C)(C)CCCNC(=O)C(CCS)NC(C)=O.C[Si](C)(CCCN)O[Si](C)(C)CCCN. The lowest BCUT2D eigenvalue weighted by Gasteiger charge is -2.34. The van der Waals surface area contributed by atoms with Gasteiger partial charge in [0.1, 0.15) is 87.9 Å². The van der Waals surface area contributed by atoms with Crippen molar-refractivity contribution < 1.29 is 133 Å². The van der Waals surface area contributed by atoms with Crippen LogP contribution in [0.25, 0.3) is 0 Å². The molecule has 1 aliphatic rings. The topological polar surface area (TPSA) is 565 Å². The average Bonchev–Trinajstić information content (AvgIpc) is 1.08. The number of thioether (sulfide) groups is 3. The summed E-state index contributed by atoms with van der Waals surface area (Å²) in [5.41, 5.74) is 11.9. The van der Waals surface area contributed by atoms with Gasteiger partial charge in [0.2, 0.25) is 47.3 Å². The van der Waals surface area contributed by atoms with Crippen LogP contribution in [0.3, 0.4) is 0 Å². The fourth-order valence-electron chi connectivity index (χ4n) is 13.4. The van der Waals surface area contributed by atoms with E-state index in [4.69, 9.17) is 42.8 Å². The Hall–Kier alpha value is -6.39. The van der Waals surface area contributed by atoms with E-state index in [0.29, 0.717) is 106 Å². The number of nitrogens with two attached hydrogens (primary N) is 2. The van der Waals surface area contributed by atoms with Crippen molar-refractivity contribution in [2.75, 3.05) is 119 Å². The number of hydrogen-bond donors (Lipinski definition) is 15. The van der Waals surface area contributed by atoms with E-state index in [2.05, 4.69) is 182 Å². The molecule has 0 aromatic heterocycles. The van der Waals surface area contributed by atoms with Gasteiger partial charge in [-0.15, -0.1) is 0 Å². The van der Waals surface area contributed by atoms with Crippen LogP contribution in [0.4, 0.5) is 0 Å². The second kappa shape index (κ2) is 80.5. The number of esters is 6. The molecule has 1 saturated heterocycles. The highest BCUT2D eigenvalue weighted by Crippen LogP contribution is 2.30. The van der Waals surface area contributed by atoms with Gasteiger partial charge in [-0.3, -0.25) is 52.7 Å². The molecule has 15 N–H and O–H groups in total. The number of hydrogen-bond acceptors (Lipinski definition) is 35. The number of carbonyl (C=O) groups excluding carboxylic acids is 16. The highest BCUT2D eigenvalue weighted by Gasteiger charge is 2.37. The minimum Gasteiger partial charge on any atom is -0.463 e. The monoisotopic (exact) mass is 2240 g/mol. The first-order valence-corrected chi connectivity index (χ1v) is 71.9. The Morgan fingerprint density at radius 2 is 0.625 bits per heavy atom. The van der Waals surface area contributed by atoms with Gasteiger partial charge in [-0.1, -0.05) is 59.4 Å². The third kappa shape index (κ3) is 81.5. The molecule has 144 heavy (non-hydrogen) atoms. The first-order chi connectivity index (χ1) is 66.2. The van der Waals surface area contributed by atoms with Gasteiger partial charge in [0.25, 0.3) is 0 Å². The Kier molecular flexibility index (Phi) is 81.7. The van der Waals surface area contributed by atoms with Crippen molar-refractivity contribution in [3.8, 4) is 0 Å². The van der Waals surface area contributed by atoms with Gasteiger partial charge in [0.15, 0.2) is 55.0 Å². The summed E-state index contributed by atoms with van der Waals surface area (Å²) >= 11 is 12.5. The molecule has 0 spiro atoms. The predicted molar refractivity (Wildman–Crippen MR) is 595 cm³/mol. The van der Waals surface area contributed by atoms with E-state index < -0.39 is 140 Å². The molecule has 0 aromatic carbocycles. The predicted octanol–water partition coefficient (Wildman–Crippen LogP) is 9.65. The van der Waals surface area contributed by atoms with Gasteiger partial charge in [0.05, 0.1) is 11.8 Å². The molecule has 834 valence electrons. The summed E-state index contributed by atoms with van der Waals surface area (Å²) in [7, 11) is -11.1. The molecular formula is C95H182N10O28S5Si6. The first kappa shape index (κ1) is 146. The van der Waals surface area contributed by atoms with Gasteiger partial charge in [-0.25, -0.2) is 19.2 Å². The number of nitrogens with one attached hydrogen (secondary N) is 8. The van der Waals surface area contributed by atoms with Crippen LogP contribution in [0.1, 0.15) is 161 Å². The second-order valence-electron chi connectivity index (χ2n) is 39.1. The molecule has 0 aromatic rings. The Morgan fingerprint density at radius 1 is 0.396 bits per heavy atom. The lowest BCUT2D eigenvalue weighted by Crippen LogP contribution is -2.48. The van der Waals surface area contributed by atoms with Crippen LogP contribution in [-0.2, 0) is 117 Å². The molecule has 1 aliphatic heterocycles. The molecule has 9 atom stereocenters. The van der Waals surface area contributed by atoms with E-state index in [0.717, 1.165) is 75.1 Å². The number of ketones is 1. The van der Waals surface area contributed by atoms with Crippen molar-refractivity contribution in [1.29, 1.82) is 0 Å². The van der Waals surface area contributed by atoms with Crippen molar-refractivity contribution >= 4 is 204 Å². The van der Waals surface area contributed by atoms with Crippen LogP contribution in [-0.4, -0.2) is 321 Å². The van der Waals surface area contributed by atoms with Crippen molar-refractivity contribution in [2.24, 2.45) is 29.2 Å². The number of thiol groups is 2. The smallest absolute Gasteiger partial charge is 0.333 e. The molecule has 0 radical (unpaired) electrons. The molecule has 38 nitrogen and oxygen atoms in total. The highest BCUT2D eigenvalue weighted by atomic mass is 32.2. The minimum absolute atomic E-state index is 0. The summed E-state index contributed by atoms with van der Waals surface area (Å²) in [6.45, 7) is 58.2. The number of Topliss-reactive ketones (excluding diaryl/α,β-unsaturated/α-hetero) is 1. The second-order valence-corrected chi connectivity index (χ2v) is 69.9. The van der Waals surface area contributed by atoms with Crippen molar-refractivity contribution in [3.05, 3.63) is 48.6 Å². The number of amides is 8. The quantitative estimate of drug-likeness (QED) is 0.00672. The lowest BCUT2D eigenvalue weighted by atomic mass is 10.0. The number of rotatable bonds is 70. The van der Waals surface area contributed by atoms with Gasteiger partial charge in [-0.05, 0) is 256 Å². The highest BCUT2D eigenvalue weighted by molar-refractivity contribution is 8.14. The Labute approximate surface area is 888 Å². The fourth-order valence-corrected chi connectivity index (χ4v) is 43.7. The zero-order chi connectivity index (χ0) is 111. The first-order valence-electron chi connectivity index (χ1n) is 48.7. The molecule has 49 heteroatoms. The van der Waals surface area contributed by atoms with Gasteiger partial charge in [-0.2, -0.15) is 48.8 Å². The summed E-state index contributed by atoms with van der Waals surface area (Å²) in [6, 6.07) is 3.18. The van der Waals surface area contributed by atoms with E-state index in [1.54, 1.807) is 13.8 Å². The van der Waals surface area contributed by atoms with Crippen LogP contribution in [0.5, 0.6) is 0 Å². The molecule has 0 aliphatic carbocycles. The fraction of sp³-hybridized carbons (Fsp3) is 0.747. The number of aliphatic hydroxyl groups excluding tert-OH is 3. The van der Waals surface area contributed by atoms with Crippen LogP contribution < -0.4 is 54.0 Å². The van der Waals surface area contributed by atoms with Crippen LogP contribution >= 0.6 is 60.5 Å². The van der Waals surface area contributed by atoms with Gasteiger partial charge < -0.3 is 115 Å². The van der Waals surface area contributed by atoms with Crippen LogP contribution in [0.15, 0.2) is 48.6 Å². The molecule has 1 heterocycles. The molecule has 1 fully saturated rings. The average molecular weight is 2240 g/mol. The molecule has 8 amide bonds. The van der Waals surface area contributed by atoms with Crippen molar-refractivity contribution in [1.82, 2.24) is 42.5 Å².